The second-order valence-electron chi connectivity index (χ2n) is 24.1. The monoisotopic (exact) mass is 1280 g/mol. The molecular formula is C63H72ClFN9O13PS. The molecule has 22 nitrogen and oxygen atoms in total. The fourth-order valence-corrected chi connectivity index (χ4v) is 13.2. The fraction of sp³-hybridized carbons (Fsp3) is 0.413. The van der Waals surface area contributed by atoms with Crippen LogP contribution in [-0.2, 0) is 52.6 Å². The molecular weight excluding hydrogens is 1210 g/mol. The van der Waals surface area contributed by atoms with Gasteiger partial charge in [0.05, 0.1) is 40.0 Å². The molecule has 0 unspecified atom stereocenters. The first-order chi connectivity index (χ1) is 42.1. The molecule has 7 amide bonds. The first-order valence-corrected chi connectivity index (χ1v) is 32.3. The zero-order valence-electron chi connectivity index (χ0n) is 49.8. The second-order valence-corrected chi connectivity index (χ2v) is 26.9. The van der Waals surface area contributed by atoms with E-state index in [-0.39, 0.29) is 85.7 Å². The van der Waals surface area contributed by atoms with E-state index in [2.05, 4.69) is 31.2 Å². The number of aryl methyl sites for hydroxylation is 3. The van der Waals surface area contributed by atoms with Crippen molar-refractivity contribution in [2.75, 3.05) is 18.1 Å². The number of nitrogens with two attached hydrogens (primary N) is 1. The molecule has 89 heavy (non-hydrogen) atoms. The maximum Gasteiger partial charge on any atom is 0.396 e. The van der Waals surface area contributed by atoms with Crippen LogP contribution in [0, 0.1) is 18.2 Å². The zero-order chi connectivity index (χ0) is 64.2. The molecule has 0 saturated carbocycles. The number of carbonyl (C=O) groups excluding carboxylic acids is 8. The molecule has 9 rings (SSSR count). The van der Waals surface area contributed by atoms with Crippen molar-refractivity contribution in [3.8, 4) is 16.2 Å². The number of rotatable bonds is 24. The molecule has 0 radical (unpaired) electrons. The van der Waals surface area contributed by atoms with Crippen molar-refractivity contribution in [1.29, 1.82) is 0 Å². The van der Waals surface area contributed by atoms with Crippen molar-refractivity contribution in [1.82, 2.24) is 36.1 Å². The first kappa shape index (κ1) is 65.6. The Bertz CT molecular complexity index is 3770. The van der Waals surface area contributed by atoms with Gasteiger partial charge in [0.15, 0.2) is 11.6 Å². The SMILES string of the molecule is Cc1ncsc1-c1ccc([C@H](C)NC(=O)[C@@H]2C[C@@H](O)CN2C(=O)[C@@H](NC(=O)CCCCCc2cc(Cl)cc(OC[C@H](CCC(N)=O)NC(=O)[C@@H]3Cc4cccc5c4N3C(=O)[C@@H](NC(=O)c3cc4cc(C(=O)P(=O)(O)O)ccc4[nH]3)CC5)c2F)C(C)(C)C)cc1. The van der Waals surface area contributed by atoms with Crippen LogP contribution in [0.3, 0.4) is 0 Å². The number of nitrogens with one attached hydrogen (secondary N) is 5. The smallest absolute Gasteiger partial charge is 0.396 e. The number of amides is 7. The maximum absolute atomic E-state index is 16.3. The van der Waals surface area contributed by atoms with Gasteiger partial charge in [-0.25, -0.2) is 9.37 Å². The van der Waals surface area contributed by atoms with Crippen LogP contribution in [0.15, 0.2) is 84.4 Å². The van der Waals surface area contributed by atoms with Gasteiger partial charge in [-0.2, -0.15) is 0 Å². The minimum absolute atomic E-state index is 0.000347. The van der Waals surface area contributed by atoms with E-state index in [0.29, 0.717) is 47.8 Å². The summed E-state index contributed by atoms with van der Waals surface area (Å²) in [6.45, 7) is 8.78. The third-order valence-corrected chi connectivity index (χ3v) is 18.4. The van der Waals surface area contributed by atoms with Gasteiger partial charge in [0.2, 0.25) is 35.4 Å². The van der Waals surface area contributed by atoms with Gasteiger partial charge >= 0.3 is 7.60 Å². The molecule has 3 aliphatic heterocycles. The van der Waals surface area contributed by atoms with E-state index in [1.807, 2.05) is 50.2 Å². The van der Waals surface area contributed by atoms with Crippen molar-refractivity contribution >= 4 is 94.0 Å². The van der Waals surface area contributed by atoms with Crippen LogP contribution in [0.25, 0.3) is 21.3 Å². The van der Waals surface area contributed by atoms with Gasteiger partial charge in [0.1, 0.15) is 36.5 Å². The molecule has 10 N–H and O–H groups in total. The number of ether oxygens (including phenoxy) is 1. The van der Waals surface area contributed by atoms with Crippen molar-refractivity contribution in [3.63, 3.8) is 0 Å². The highest BCUT2D eigenvalue weighted by atomic mass is 35.5. The molecule has 6 aromatic rings. The number of hydrogen-bond donors (Lipinski definition) is 9. The van der Waals surface area contributed by atoms with Gasteiger partial charge in [0, 0.05) is 59.8 Å². The van der Waals surface area contributed by atoms with Crippen LogP contribution in [0.4, 0.5) is 10.1 Å². The quantitative estimate of drug-likeness (QED) is 0.0217. The largest absolute Gasteiger partial charge is 0.488 e. The number of aliphatic hydroxyl groups excluding tert-OH is 1. The minimum atomic E-state index is -5.08. The Morgan fingerprint density at radius 1 is 0.933 bits per heavy atom. The second kappa shape index (κ2) is 27.5. The number of aliphatic hydroxyl groups is 1. The number of halogens is 2. The zero-order valence-corrected chi connectivity index (χ0v) is 52.2. The highest BCUT2D eigenvalue weighted by Gasteiger charge is 2.46. The molecule has 1 saturated heterocycles. The average molecular weight is 1280 g/mol. The number of hydrogen-bond acceptors (Lipinski definition) is 13. The van der Waals surface area contributed by atoms with Gasteiger partial charge in [0.25, 0.3) is 11.4 Å². The van der Waals surface area contributed by atoms with Crippen LogP contribution in [0.1, 0.15) is 134 Å². The molecule has 3 aliphatic rings. The molecule has 472 valence electrons. The number of H-pyrrole nitrogens is 1. The van der Waals surface area contributed by atoms with E-state index in [1.54, 1.807) is 43.7 Å². The highest BCUT2D eigenvalue weighted by molar-refractivity contribution is 7.70. The number of carbonyl (C=O) groups is 8. The van der Waals surface area contributed by atoms with Crippen LogP contribution in [0.5, 0.6) is 5.75 Å². The number of β-amino-alcohol motifs (C(OH)–C–C–N with tert-alkyl or cyclic N) is 1. The van der Waals surface area contributed by atoms with Gasteiger partial charge in [-0.15, -0.1) is 11.3 Å². The molecule has 0 aliphatic carbocycles. The summed E-state index contributed by atoms with van der Waals surface area (Å²) < 4.78 is 33.9. The number of aromatic amines is 1. The normalized spacial score (nSPS) is 18.4. The summed E-state index contributed by atoms with van der Waals surface area (Å²) in [5, 5.41) is 22.8. The van der Waals surface area contributed by atoms with E-state index in [9.17, 15) is 57.8 Å². The summed E-state index contributed by atoms with van der Waals surface area (Å²) in [5.41, 5.74) is 10.3. The Balaban J connectivity index is 0.780. The Morgan fingerprint density at radius 3 is 2.36 bits per heavy atom. The standard InChI is InChI=1S/C63H72ClFN9O13PS/c1-33(35-14-16-37(17-15-35)55-34(2)67-32-89-55)68-58(79)48-29-44(75)30-73(48)61(82)56(63(3,4)5)72-52(77)13-8-6-7-10-38-25-42(64)28-50(53(38)65)87-31-43(20-23-51(66)76)69-59(80)49-27-39-12-9-11-36-18-22-46(60(81)74(49)54(36)39)71-57(78)47-26-41-24-40(19-21-45(41)70-47)62(83)88(84,85)86/h9,11-12,14-17,19,21,24-26,28,32-33,43-44,46,48-49,56,70,75H,6-8,10,13,18,20,22-23,27,29-31H2,1-5H3,(H2,66,76)(H,68,79)(H,69,80)(H,71,78)(H,72,77)(H2,84,85,86)/t33-,43-,44+,46-,48-,49-,56+/m0/s1. The summed E-state index contributed by atoms with van der Waals surface area (Å²) in [6.07, 6.45) is 1.06. The van der Waals surface area contributed by atoms with Crippen molar-refractivity contribution in [2.24, 2.45) is 11.1 Å². The van der Waals surface area contributed by atoms with Crippen LogP contribution >= 0.6 is 30.5 Å². The number of benzene rings is 4. The van der Waals surface area contributed by atoms with Gasteiger partial charge in [-0.05, 0) is 116 Å². The highest BCUT2D eigenvalue weighted by Crippen LogP contribution is 2.41. The predicted octanol–water partition coefficient (Wildman–Crippen LogP) is 7.02. The summed E-state index contributed by atoms with van der Waals surface area (Å²) in [6, 6.07) is 15.7. The topological polar surface area (TPSA) is 333 Å². The lowest BCUT2D eigenvalue weighted by Gasteiger charge is -2.35. The Kier molecular flexibility index (Phi) is 20.3. The van der Waals surface area contributed by atoms with Crippen LogP contribution < -0.4 is 36.6 Å². The van der Waals surface area contributed by atoms with Crippen molar-refractivity contribution < 1.29 is 66.9 Å². The average Bonchev–Trinajstić information content (AvgIpc) is 1.83. The number of nitrogens with zero attached hydrogens (tertiary/aromatic N) is 3. The van der Waals surface area contributed by atoms with Gasteiger partial charge in [-0.1, -0.05) is 81.3 Å². The summed E-state index contributed by atoms with van der Waals surface area (Å²) in [7, 11) is -5.08. The Labute approximate surface area is 522 Å². The lowest BCUT2D eigenvalue weighted by molar-refractivity contribution is -0.144. The minimum Gasteiger partial charge on any atom is -0.488 e. The molecule has 2 aromatic heterocycles. The van der Waals surface area contributed by atoms with E-state index in [0.717, 1.165) is 27.3 Å². The fourth-order valence-electron chi connectivity index (χ4n) is 11.7. The number of thiazole rings is 1. The third kappa shape index (κ3) is 15.4. The number of likely N-dealkylation sites (tertiary alicyclic amines) is 1. The van der Waals surface area contributed by atoms with Crippen LogP contribution in [-0.4, -0.2) is 126 Å². The van der Waals surface area contributed by atoms with Crippen molar-refractivity contribution in [2.45, 2.75) is 148 Å². The molecule has 26 heteroatoms. The Hall–Kier alpha value is -7.86. The van der Waals surface area contributed by atoms with E-state index in [1.165, 1.54) is 46.2 Å². The van der Waals surface area contributed by atoms with Gasteiger partial charge < -0.3 is 56.5 Å². The number of aromatic nitrogens is 2. The summed E-state index contributed by atoms with van der Waals surface area (Å²) >= 11 is 8.05. The first-order valence-electron chi connectivity index (χ1n) is 29.4. The Morgan fingerprint density at radius 2 is 1.66 bits per heavy atom. The third-order valence-electron chi connectivity index (χ3n) is 16.4. The number of unbranched alkanes of at least 4 members (excludes halogenated alkanes) is 2. The van der Waals surface area contributed by atoms with Gasteiger partial charge in [-0.3, -0.25) is 47.8 Å². The molecule has 0 spiro atoms. The predicted molar refractivity (Wildman–Crippen MR) is 331 cm³/mol. The van der Waals surface area contributed by atoms with Crippen molar-refractivity contribution in [3.05, 3.63) is 134 Å². The van der Waals surface area contributed by atoms with E-state index in [4.69, 9.17) is 22.1 Å². The molecule has 7 atom stereocenters. The maximum atomic E-state index is 16.3. The van der Waals surface area contributed by atoms with E-state index >= 15 is 4.39 Å². The lowest BCUT2D eigenvalue weighted by Crippen LogP contribution is -2.57. The number of primary amides is 1. The number of para-hydroxylation sites is 1. The lowest BCUT2D eigenvalue weighted by atomic mass is 9.85. The molecule has 0 bridgehead atoms. The summed E-state index contributed by atoms with van der Waals surface area (Å²) in [4.78, 5) is 138. The van der Waals surface area contributed by atoms with Crippen LogP contribution in [0.2, 0.25) is 5.02 Å². The summed E-state index contributed by atoms with van der Waals surface area (Å²) in [5.74, 6) is -4.79. The van der Waals surface area contributed by atoms with E-state index < -0.39 is 108 Å². The number of anilines is 1. The number of fused-ring (bicyclic) bond motifs is 1. The molecule has 5 heterocycles. The molecule has 4 aromatic carbocycles. The molecule has 1 fully saturated rings.